The highest BCUT2D eigenvalue weighted by Crippen LogP contribution is 2.32. The van der Waals surface area contributed by atoms with Gasteiger partial charge in [0, 0.05) is 4.47 Å². The lowest BCUT2D eigenvalue weighted by Crippen LogP contribution is -2.16. The van der Waals surface area contributed by atoms with Gasteiger partial charge in [0.25, 0.3) is 0 Å². The molecule has 0 aliphatic heterocycles. The van der Waals surface area contributed by atoms with Crippen LogP contribution in [0, 0.1) is 0 Å². The third-order valence-electron chi connectivity index (χ3n) is 3.84. The van der Waals surface area contributed by atoms with Gasteiger partial charge in [-0.3, -0.25) is 4.79 Å². The second-order valence-corrected chi connectivity index (χ2v) is 7.20. The lowest BCUT2D eigenvalue weighted by atomic mass is 9.90. The molecule has 0 saturated heterocycles. The van der Waals surface area contributed by atoms with Crippen LogP contribution in [0.25, 0.3) is 0 Å². The van der Waals surface area contributed by atoms with Crippen molar-refractivity contribution in [3.05, 3.63) is 57.6 Å². The van der Waals surface area contributed by atoms with Crippen LogP contribution in [-0.2, 0) is 9.53 Å². The topological polar surface area (TPSA) is 89.9 Å². The van der Waals surface area contributed by atoms with Gasteiger partial charge in [-0.15, -0.1) is 0 Å². The molecule has 2 rings (SSSR count). The Kier molecular flexibility index (Phi) is 7.34. The third kappa shape index (κ3) is 4.98. The van der Waals surface area contributed by atoms with Crippen molar-refractivity contribution in [3.8, 4) is 11.5 Å². The van der Waals surface area contributed by atoms with E-state index in [9.17, 15) is 19.5 Å². The molecule has 148 valence electrons. The van der Waals surface area contributed by atoms with Crippen molar-refractivity contribution in [2.24, 2.45) is 0 Å². The fourth-order valence-electron chi connectivity index (χ4n) is 2.66. The summed E-state index contributed by atoms with van der Waals surface area (Å²) in [6, 6.07) is 9.37. The number of phenols is 1. The summed E-state index contributed by atoms with van der Waals surface area (Å²) in [6.45, 7) is 5.48. The lowest BCUT2D eigenvalue weighted by Gasteiger charge is -2.15. The molecule has 1 atom stereocenters. The van der Waals surface area contributed by atoms with Crippen molar-refractivity contribution < 1.29 is 29.0 Å². The Labute approximate surface area is 171 Å². The van der Waals surface area contributed by atoms with Gasteiger partial charge < -0.3 is 19.4 Å². The first-order valence-electron chi connectivity index (χ1n) is 8.74. The molecule has 0 saturated carbocycles. The SMILES string of the molecule is CCOC(=O)c1cc(Br)cc(C(=O)C(C=O)c2cccc(OC(C)C)c2)c1O. The Hall–Kier alpha value is -2.67. The average molecular weight is 449 g/mol. The molecule has 0 aromatic heterocycles. The van der Waals surface area contributed by atoms with Crippen molar-refractivity contribution in [1.82, 2.24) is 0 Å². The minimum atomic E-state index is -1.16. The smallest absolute Gasteiger partial charge is 0.341 e. The zero-order valence-electron chi connectivity index (χ0n) is 15.8. The maximum Gasteiger partial charge on any atom is 0.341 e. The van der Waals surface area contributed by atoms with Crippen LogP contribution in [0.15, 0.2) is 40.9 Å². The van der Waals surface area contributed by atoms with Crippen LogP contribution in [0.3, 0.4) is 0 Å². The molecule has 1 unspecified atom stereocenters. The van der Waals surface area contributed by atoms with Crippen LogP contribution in [-0.4, -0.2) is 35.9 Å². The normalized spacial score (nSPS) is 11.8. The number of aromatic hydroxyl groups is 1. The summed E-state index contributed by atoms with van der Waals surface area (Å²) in [5.74, 6) is -2.55. The van der Waals surface area contributed by atoms with Gasteiger partial charge >= 0.3 is 5.97 Å². The molecule has 0 aliphatic rings. The fraction of sp³-hybridized carbons (Fsp3) is 0.286. The summed E-state index contributed by atoms with van der Waals surface area (Å²) in [6.07, 6.45) is 0.434. The van der Waals surface area contributed by atoms with Crippen molar-refractivity contribution >= 4 is 34.0 Å². The Balaban J connectivity index is 2.46. The van der Waals surface area contributed by atoms with Gasteiger partial charge in [0.1, 0.15) is 29.3 Å². The molecule has 7 heteroatoms. The number of ether oxygens (including phenoxy) is 2. The van der Waals surface area contributed by atoms with Crippen molar-refractivity contribution in [3.63, 3.8) is 0 Å². The summed E-state index contributed by atoms with van der Waals surface area (Å²) in [5, 5.41) is 10.5. The molecule has 0 aliphatic carbocycles. The Bertz CT molecular complexity index is 890. The molecular formula is C21H21BrO6. The highest BCUT2D eigenvalue weighted by Gasteiger charge is 2.28. The first-order valence-corrected chi connectivity index (χ1v) is 9.53. The second kappa shape index (κ2) is 9.50. The van der Waals surface area contributed by atoms with Gasteiger partial charge in [-0.05, 0) is 50.6 Å². The van der Waals surface area contributed by atoms with E-state index >= 15 is 0 Å². The molecular weight excluding hydrogens is 428 g/mol. The van der Waals surface area contributed by atoms with Gasteiger partial charge in [-0.25, -0.2) is 4.79 Å². The predicted molar refractivity (Wildman–Crippen MR) is 107 cm³/mol. The zero-order valence-corrected chi connectivity index (χ0v) is 17.4. The van der Waals surface area contributed by atoms with E-state index in [1.54, 1.807) is 31.2 Å². The number of carbonyl (C=O) groups excluding carboxylic acids is 3. The molecule has 2 aromatic carbocycles. The maximum atomic E-state index is 13.0. The number of carbonyl (C=O) groups is 3. The van der Waals surface area contributed by atoms with E-state index in [1.807, 2.05) is 13.8 Å². The summed E-state index contributed by atoms with van der Waals surface area (Å²) >= 11 is 3.22. The molecule has 0 bridgehead atoms. The zero-order chi connectivity index (χ0) is 20.8. The first-order chi connectivity index (χ1) is 13.3. The number of halogens is 1. The largest absolute Gasteiger partial charge is 0.506 e. The minimum Gasteiger partial charge on any atom is -0.506 e. The quantitative estimate of drug-likeness (QED) is 0.280. The van der Waals surface area contributed by atoms with Crippen molar-refractivity contribution in [2.75, 3.05) is 6.61 Å². The van der Waals surface area contributed by atoms with Crippen LogP contribution in [0.4, 0.5) is 0 Å². The van der Waals surface area contributed by atoms with Crippen molar-refractivity contribution in [1.29, 1.82) is 0 Å². The highest BCUT2D eigenvalue weighted by molar-refractivity contribution is 9.10. The van der Waals surface area contributed by atoms with Crippen LogP contribution >= 0.6 is 15.9 Å². The van der Waals surface area contributed by atoms with Gasteiger partial charge in [-0.2, -0.15) is 0 Å². The minimum absolute atomic E-state index is 0.0677. The molecule has 1 N–H and O–H groups in total. The van der Waals surface area contributed by atoms with E-state index in [1.165, 1.54) is 12.1 Å². The summed E-state index contributed by atoms with van der Waals surface area (Å²) in [4.78, 5) is 36.8. The Morgan fingerprint density at radius 1 is 1.18 bits per heavy atom. The number of benzene rings is 2. The van der Waals surface area contributed by atoms with Crippen LogP contribution < -0.4 is 4.74 Å². The molecule has 6 nitrogen and oxygen atoms in total. The van der Waals surface area contributed by atoms with E-state index in [-0.39, 0.29) is 23.8 Å². The number of ketones is 1. The summed E-state index contributed by atoms with van der Waals surface area (Å²) in [5.41, 5.74) is 0.126. The van der Waals surface area contributed by atoms with E-state index in [4.69, 9.17) is 9.47 Å². The molecule has 28 heavy (non-hydrogen) atoms. The molecule has 0 radical (unpaired) electrons. The second-order valence-electron chi connectivity index (χ2n) is 6.29. The summed E-state index contributed by atoms with van der Waals surface area (Å²) < 4.78 is 10.9. The monoisotopic (exact) mass is 448 g/mol. The van der Waals surface area contributed by atoms with E-state index < -0.39 is 23.4 Å². The molecule has 0 heterocycles. The third-order valence-corrected chi connectivity index (χ3v) is 4.30. The van der Waals surface area contributed by atoms with Crippen LogP contribution in [0.5, 0.6) is 11.5 Å². The number of rotatable bonds is 8. The number of esters is 1. The first kappa shape index (κ1) is 21.6. The number of hydrogen-bond acceptors (Lipinski definition) is 6. The molecule has 0 spiro atoms. The van der Waals surface area contributed by atoms with Crippen molar-refractivity contribution in [2.45, 2.75) is 32.8 Å². The van der Waals surface area contributed by atoms with Crippen LogP contribution in [0.2, 0.25) is 0 Å². The molecule has 0 amide bonds. The van der Waals surface area contributed by atoms with Gasteiger partial charge in [0.2, 0.25) is 0 Å². The predicted octanol–water partition coefficient (Wildman–Crippen LogP) is 4.28. The van der Waals surface area contributed by atoms with E-state index in [0.717, 1.165) is 0 Å². The highest BCUT2D eigenvalue weighted by atomic mass is 79.9. The van der Waals surface area contributed by atoms with E-state index in [2.05, 4.69) is 15.9 Å². The maximum absolute atomic E-state index is 13.0. The number of Topliss-reactive ketones (excluding diaryl/α,β-unsaturated/α-hetero) is 1. The Morgan fingerprint density at radius 3 is 2.46 bits per heavy atom. The van der Waals surface area contributed by atoms with E-state index in [0.29, 0.717) is 22.1 Å². The fourth-order valence-corrected chi connectivity index (χ4v) is 3.12. The molecule has 2 aromatic rings. The van der Waals surface area contributed by atoms with Gasteiger partial charge in [0.15, 0.2) is 5.78 Å². The average Bonchev–Trinajstić information content (AvgIpc) is 2.63. The standard InChI is InChI=1S/C21H21BrO6/c1-4-27-21(26)17-10-14(22)9-16(19(17)24)20(25)18(11-23)13-6-5-7-15(8-13)28-12(2)3/h5-12,18,24H,4H2,1-3H3. The lowest BCUT2D eigenvalue weighted by molar-refractivity contribution is -0.108. The summed E-state index contributed by atoms with van der Waals surface area (Å²) in [7, 11) is 0. The number of hydrogen-bond donors (Lipinski definition) is 1. The number of phenolic OH excluding ortho intramolecular Hbond substituents is 1. The molecule has 0 fully saturated rings. The van der Waals surface area contributed by atoms with Crippen LogP contribution in [0.1, 0.15) is 53.0 Å². The van der Waals surface area contributed by atoms with Gasteiger partial charge in [-0.1, -0.05) is 28.1 Å². The number of aldehydes is 1. The Morgan fingerprint density at radius 2 is 1.86 bits per heavy atom. The van der Waals surface area contributed by atoms with Gasteiger partial charge in [0.05, 0.1) is 18.3 Å².